The average Bonchev–Trinajstić information content (AvgIpc) is 2.33. The third kappa shape index (κ3) is 3.19. The molecule has 1 aromatic heterocycles. The molecule has 2 aromatic rings. The molecule has 94 valence electrons. The predicted octanol–water partition coefficient (Wildman–Crippen LogP) is 3.37. The first-order valence-corrected chi connectivity index (χ1v) is 6.22. The third-order valence-electron chi connectivity index (χ3n) is 2.53. The Kier molecular flexibility index (Phi) is 4.17. The number of rotatable bonds is 3. The Morgan fingerprint density at radius 2 is 1.89 bits per heavy atom. The van der Waals surface area contributed by atoms with Crippen LogP contribution in [0.5, 0.6) is 0 Å². The lowest BCUT2D eigenvalue weighted by Gasteiger charge is -2.10. The van der Waals surface area contributed by atoms with E-state index in [2.05, 4.69) is 9.97 Å². The van der Waals surface area contributed by atoms with E-state index in [0.717, 1.165) is 11.1 Å². The molecular formula is C13H12Cl2N2O. The number of benzene rings is 1. The summed E-state index contributed by atoms with van der Waals surface area (Å²) in [5.74, 6) is 0.395. The molecule has 0 aliphatic rings. The molecule has 1 atom stereocenters. The Labute approximate surface area is 115 Å². The van der Waals surface area contributed by atoms with E-state index in [-0.39, 0.29) is 0 Å². The standard InChI is InChI=1S/C13H12Cl2N2O/c1-8-6-16-13(17-7-8)12(18)4-9-2-3-10(14)5-11(9)15/h2-3,5-7,12,18H,4H2,1H3. The third-order valence-corrected chi connectivity index (χ3v) is 3.11. The Balaban J connectivity index is 2.15. The minimum Gasteiger partial charge on any atom is -0.385 e. The molecule has 0 bridgehead atoms. The van der Waals surface area contributed by atoms with Crippen molar-refractivity contribution in [3.05, 3.63) is 57.6 Å². The second kappa shape index (κ2) is 5.65. The van der Waals surface area contributed by atoms with E-state index >= 15 is 0 Å². The molecule has 1 heterocycles. The van der Waals surface area contributed by atoms with Gasteiger partial charge in [0.2, 0.25) is 0 Å². The van der Waals surface area contributed by atoms with E-state index in [1.807, 2.05) is 6.92 Å². The predicted molar refractivity (Wildman–Crippen MR) is 71.9 cm³/mol. The van der Waals surface area contributed by atoms with Crippen molar-refractivity contribution in [2.75, 3.05) is 0 Å². The van der Waals surface area contributed by atoms with Gasteiger partial charge in [-0.05, 0) is 30.2 Å². The largest absolute Gasteiger partial charge is 0.385 e. The van der Waals surface area contributed by atoms with Crippen LogP contribution in [0.4, 0.5) is 0 Å². The highest BCUT2D eigenvalue weighted by atomic mass is 35.5. The Bertz CT molecular complexity index is 543. The summed E-state index contributed by atoms with van der Waals surface area (Å²) in [5, 5.41) is 11.2. The lowest BCUT2D eigenvalue weighted by molar-refractivity contribution is 0.168. The summed E-state index contributed by atoms with van der Waals surface area (Å²) in [4.78, 5) is 8.18. The molecule has 2 rings (SSSR count). The minimum absolute atomic E-state index is 0.360. The average molecular weight is 283 g/mol. The first kappa shape index (κ1) is 13.3. The maximum absolute atomic E-state index is 10.0. The number of hydrogen-bond donors (Lipinski definition) is 1. The maximum Gasteiger partial charge on any atom is 0.157 e. The molecule has 0 aliphatic heterocycles. The summed E-state index contributed by atoms with van der Waals surface area (Å²) in [7, 11) is 0. The Hall–Kier alpha value is -1.16. The topological polar surface area (TPSA) is 46.0 Å². The van der Waals surface area contributed by atoms with Crippen LogP contribution in [0, 0.1) is 6.92 Å². The number of aliphatic hydroxyl groups is 1. The molecule has 0 saturated heterocycles. The van der Waals surface area contributed by atoms with Gasteiger partial charge in [0.15, 0.2) is 5.82 Å². The number of halogens is 2. The van der Waals surface area contributed by atoms with Gasteiger partial charge in [-0.3, -0.25) is 0 Å². The summed E-state index contributed by atoms with van der Waals surface area (Å²) in [5.41, 5.74) is 1.77. The molecule has 0 radical (unpaired) electrons. The van der Waals surface area contributed by atoms with Gasteiger partial charge in [0.1, 0.15) is 6.10 Å². The summed E-state index contributed by atoms with van der Waals surface area (Å²) < 4.78 is 0. The molecule has 1 aromatic carbocycles. The zero-order chi connectivity index (χ0) is 13.1. The highest BCUT2D eigenvalue weighted by molar-refractivity contribution is 6.35. The van der Waals surface area contributed by atoms with Gasteiger partial charge in [-0.15, -0.1) is 0 Å². The fourth-order valence-electron chi connectivity index (χ4n) is 1.56. The van der Waals surface area contributed by atoms with E-state index in [1.165, 1.54) is 0 Å². The van der Waals surface area contributed by atoms with Gasteiger partial charge in [-0.1, -0.05) is 29.3 Å². The quantitative estimate of drug-likeness (QED) is 0.939. The number of aryl methyl sites for hydroxylation is 1. The van der Waals surface area contributed by atoms with Crippen molar-refractivity contribution in [2.24, 2.45) is 0 Å². The molecule has 18 heavy (non-hydrogen) atoms. The number of hydrogen-bond acceptors (Lipinski definition) is 3. The highest BCUT2D eigenvalue weighted by Crippen LogP contribution is 2.24. The summed E-state index contributed by atoms with van der Waals surface area (Å²) in [6, 6.07) is 5.19. The molecule has 0 spiro atoms. The van der Waals surface area contributed by atoms with Crippen molar-refractivity contribution < 1.29 is 5.11 Å². The smallest absolute Gasteiger partial charge is 0.157 e. The number of aliphatic hydroxyl groups excluding tert-OH is 1. The lowest BCUT2D eigenvalue weighted by Crippen LogP contribution is -2.07. The normalized spacial score (nSPS) is 12.4. The van der Waals surface area contributed by atoms with Gasteiger partial charge >= 0.3 is 0 Å². The van der Waals surface area contributed by atoms with Crippen LogP contribution in [-0.4, -0.2) is 15.1 Å². The van der Waals surface area contributed by atoms with Crippen LogP contribution in [0.3, 0.4) is 0 Å². The molecule has 1 unspecified atom stereocenters. The number of aromatic nitrogens is 2. The van der Waals surface area contributed by atoms with Gasteiger partial charge in [0, 0.05) is 28.9 Å². The van der Waals surface area contributed by atoms with Crippen molar-refractivity contribution in [3.8, 4) is 0 Å². The Morgan fingerprint density at radius 3 is 2.50 bits per heavy atom. The molecule has 0 fully saturated rings. The lowest BCUT2D eigenvalue weighted by atomic mass is 10.1. The summed E-state index contributed by atoms with van der Waals surface area (Å²) in [6.07, 6.45) is 2.94. The molecule has 1 N–H and O–H groups in total. The van der Waals surface area contributed by atoms with Crippen LogP contribution in [0.1, 0.15) is 23.1 Å². The van der Waals surface area contributed by atoms with Crippen LogP contribution in [0.15, 0.2) is 30.6 Å². The monoisotopic (exact) mass is 282 g/mol. The highest BCUT2D eigenvalue weighted by Gasteiger charge is 2.13. The second-order valence-corrected chi connectivity index (χ2v) is 4.92. The fraction of sp³-hybridized carbons (Fsp3) is 0.231. The first-order chi connectivity index (χ1) is 8.56. The van der Waals surface area contributed by atoms with Gasteiger partial charge in [-0.2, -0.15) is 0 Å². The van der Waals surface area contributed by atoms with E-state index in [0.29, 0.717) is 22.3 Å². The summed E-state index contributed by atoms with van der Waals surface area (Å²) in [6.45, 7) is 1.90. The van der Waals surface area contributed by atoms with Crippen LogP contribution in [0.25, 0.3) is 0 Å². The maximum atomic E-state index is 10.0. The second-order valence-electron chi connectivity index (χ2n) is 4.07. The minimum atomic E-state index is -0.774. The van der Waals surface area contributed by atoms with Crippen LogP contribution >= 0.6 is 23.2 Å². The zero-order valence-electron chi connectivity index (χ0n) is 9.77. The van der Waals surface area contributed by atoms with E-state index in [1.54, 1.807) is 30.6 Å². The van der Waals surface area contributed by atoms with Gasteiger partial charge in [0.25, 0.3) is 0 Å². The SMILES string of the molecule is Cc1cnc(C(O)Cc2ccc(Cl)cc2Cl)nc1. The van der Waals surface area contributed by atoms with Gasteiger partial charge in [0.05, 0.1) is 0 Å². The molecule has 0 amide bonds. The molecular weight excluding hydrogens is 271 g/mol. The van der Waals surface area contributed by atoms with Crippen LogP contribution < -0.4 is 0 Å². The molecule has 0 saturated carbocycles. The van der Waals surface area contributed by atoms with E-state index in [4.69, 9.17) is 23.2 Å². The van der Waals surface area contributed by atoms with E-state index in [9.17, 15) is 5.11 Å². The number of nitrogens with zero attached hydrogens (tertiary/aromatic N) is 2. The van der Waals surface area contributed by atoms with E-state index < -0.39 is 6.10 Å². The van der Waals surface area contributed by atoms with Gasteiger partial charge < -0.3 is 5.11 Å². The van der Waals surface area contributed by atoms with Crippen molar-refractivity contribution in [2.45, 2.75) is 19.4 Å². The van der Waals surface area contributed by atoms with Crippen LogP contribution in [-0.2, 0) is 6.42 Å². The van der Waals surface area contributed by atoms with Crippen molar-refractivity contribution >= 4 is 23.2 Å². The zero-order valence-corrected chi connectivity index (χ0v) is 11.3. The van der Waals surface area contributed by atoms with Gasteiger partial charge in [-0.25, -0.2) is 9.97 Å². The first-order valence-electron chi connectivity index (χ1n) is 5.47. The Morgan fingerprint density at radius 1 is 1.22 bits per heavy atom. The van der Waals surface area contributed by atoms with Crippen molar-refractivity contribution in [1.82, 2.24) is 9.97 Å². The molecule has 3 nitrogen and oxygen atoms in total. The molecule has 5 heteroatoms. The molecule has 0 aliphatic carbocycles. The fourth-order valence-corrected chi connectivity index (χ4v) is 2.05. The van der Waals surface area contributed by atoms with Crippen LogP contribution in [0.2, 0.25) is 10.0 Å². The summed E-state index contributed by atoms with van der Waals surface area (Å²) >= 11 is 11.9. The van der Waals surface area contributed by atoms with Crippen molar-refractivity contribution in [1.29, 1.82) is 0 Å². The van der Waals surface area contributed by atoms with Crippen molar-refractivity contribution in [3.63, 3.8) is 0 Å².